The highest BCUT2D eigenvalue weighted by Crippen LogP contribution is 2.43. The smallest absolute Gasteiger partial charge is 0.0867 e. The Morgan fingerprint density at radius 3 is 1.83 bits per heavy atom. The average molecular weight is 545 g/mol. The molecule has 0 fully saturated rings. The molecule has 0 bridgehead atoms. The van der Waals surface area contributed by atoms with Crippen molar-refractivity contribution in [3.05, 3.63) is 150 Å². The predicted molar refractivity (Wildman–Crippen MR) is 180 cm³/mol. The standard InChI is InChI=1S/C28H24N2.C10H8N2/c1-19-11-14-21(15-12-19)30(27-17-13-20(2)22-7-3-5-9-24(22)27)28-18-16-26(29)23-8-4-6-10-25(23)28;11-9-6-5-7-3-1-2-4-8(7)10(9)12/h3-18H,29H2,1-2H3;1-6,11-12H. The van der Waals surface area contributed by atoms with Crippen LogP contribution in [0.3, 0.4) is 0 Å². The minimum Gasteiger partial charge on any atom is -0.398 e. The maximum Gasteiger partial charge on any atom is 0.0867 e. The number of benzene rings is 6. The molecule has 0 saturated carbocycles. The van der Waals surface area contributed by atoms with Gasteiger partial charge < -0.3 is 10.6 Å². The first-order chi connectivity index (χ1) is 20.4. The van der Waals surface area contributed by atoms with E-state index < -0.39 is 0 Å². The molecular formula is C38H32N4. The van der Waals surface area contributed by atoms with Gasteiger partial charge in [-0.1, -0.05) is 103 Å². The fourth-order valence-corrected chi connectivity index (χ4v) is 5.50. The van der Waals surface area contributed by atoms with Gasteiger partial charge in [0, 0.05) is 33.1 Å². The Labute approximate surface area is 246 Å². The van der Waals surface area contributed by atoms with Crippen molar-refractivity contribution in [3.63, 3.8) is 0 Å². The van der Waals surface area contributed by atoms with Crippen LogP contribution in [-0.2, 0) is 0 Å². The molecule has 204 valence electrons. The molecule has 7 rings (SSSR count). The topological polar surface area (TPSA) is 77.0 Å². The Kier molecular flexibility index (Phi) is 7.12. The Morgan fingerprint density at radius 2 is 1.12 bits per heavy atom. The molecule has 42 heavy (non-hydrogen) atoms. The second kappa shape index (κ2) is 11.2. The molecule has 0 unspecified atom stereocenters. The van der Waals surface area contributed by atoms with Crippen molar-refractivity contribution in [2.75, 3.05) is 10.6 Å². The van der Waals surface area contributed by atoms with Crippen LogP contribution in [0.4, 0.5) is 22.7 Å². The molecule has 0 spiro atoms. The van der Waals surface area contributed by atoms with Crippen LogP contribution in [0.1, 0.15) is 22.3 Å². The summed E-state index contributed by atoms with van der Waals surface area (Å²) in [4.78, 5) is 2.35. The highest BCUT2D eigenvalue weighted by atomic mass is 15.1. The summed E-state index contributed by atoms with van der Waals surface area (Å²) in [6, 6.07) is 41.9. The summed E-state index contributed by atoms with van der Waals surface area (Å²) in [6.07, 6.45) is 3.53. The third-order valence-electron chi connectivity index (χ3n) is 7.76. The van der Waals surface area contributed by atoms with Gasteiger partial charge in [0.1, 0.15) is 0 Å². The average Bonchev–Trinajstić information content (AvgIpc) is 3.03. The number of fused-ring (bicyclic) bond motifs is 3. The summed E-state index contributed by atoms with van der Waals surface area (Å²) in [6.45, 7) is 4.29. The first kappa shape index (κ1) is 26.7. The predicted octanol–water partition coefficient (Wildman–Crippen LogP) is 9.76. The minimum absolute atomic E-state index is 0.286. The van der Waals surface area contributed by atoms with E-state index in [1.807, 2.05) is 42.5 Å². The number of rotatable bonds is 3. The molecule has 0 saturated heterocycles. The molecule has 0 radical (unpaired) electrons. The van der Waals surface area contributed by atoms with E-state index in [0.29, 0.717) is 5.71 Å². The molecule has 4 heteroatoms. The van der Waals surface area contributed by atoms with Crippen molar-refractivity contribution in [1.29, 1.82) is 10.8 Å². The summed E-state index contributed by atoms with van der Waals surface area (Å²) < 4.78 is 0. The SMILES string of the molecule is Cc1ccc(N(c2ccc(C)c3ccccc23)c2ccc(N)c3ccccc23)cc1.N=C1C=Cc2ccccc2C1=N. The van der Waals surface area contributed by atoms with Crippen LogP contribution >= 0.6 is 0 Å². The second-order valence-corrected chi connectivity index (χ2v) is 10.5. The largest absolute Gasteiger partial charge is 0.398 e. The van der Waals surface area contributed by atoms with Crippen molar-refractivity contribution in [2.24, 2.45) is 0 Å². The highest BCUT2D eigenvalue weighted by Gasteiger charge is 2.18. The zero-order valence-corrected chi connectivity index (χ0v) is 23.7. The fraction of sp³-hybridized carbons (Fsp3) is 0.0526. The molecule has 4 nitrogen and oxygen atoms in total. The van der Waals surface area contributed by atoms with Crippen molar-refractivity contribution >= 4 is 61.8 Å². The van der Waals surface area contributed by atoms with Crippen molar-refractivity contribution in [3.8, 4) is 0 Å². The normalized spacial score (nSPS) is 12.1. The first-order valence-electron chi connectivity index (χ1n) is 14.0. The van der Waals surface area contributed by atoms with Gasteiger partial charge in [0.25, 0.3) is 0 Å². The van der Waals surface area contributed by atoms with E-state index in [-0.39, 0.29) is 5.71 Å². The summed E-state index contributed by atoms with van der Waals surface area (Å²) in [5.41, 5.74) is 15.5. The van der Waals surface area contributed by atoms with Crippen LogP contribution in [-0.4, -0.2) is 11.4 Å². The van der Waals surface area contributed by atoms with Crippen LogP contribution in [0, 0.1) is 24.7 Å². The molecule has 0 heterocycles. The lowest BCUT2D eigenvalue weighted by Gasteiger charge is -2.29. The van der Waals surface area contributed by atoms with Gasteiger partial charge in [-0.05, 0) is 66.8 Å². The maximum atomic E-state index is 7.60. The Morgan fingerprint density at radius 1 is 0.548 bits per heavy atom. The zero-order valence-electron chi connectivity index (χ0n) is 23.7. The quantitative estimate of drug-likeness (QED) is 0.194. The number of nitrogens with one attached hydrogen (secondary N) is 2. The Bertz CT molecular complexity index is 1920. The lowest BCUT2D eigenvalue weighted by Crippen LogP contribution is -2.15. The Balaban J connectivity index is 0.000000219. The Hall–Kier alpha value is -5.48. The molecule has 1 aliphatic carbocycles. The van der Waals surface area contributed by atoms with Gasteiger partial charge in [-0.3, -0.25) is 10.8 Å². The van der Waals surface area contributed by atoms with Crippen molar-refractivity contribution in [2.45, 2.75) is 13.8 Å². The molecule has 6 aromatic carbocycles. The number of aryl methyl sites for hydroxylation is 2. The number of nitrogen functional groups attached to an aromatic ring is 1. The van der Waals surface area contributed by atoms with Gasteiger partial charge in [0.05, 0.1) is 22.8 Å². The van der Waals surface area contributed by atoms with Gasteiger partial charge in [-0.2, -0.15) is 0 Å². The molecule has 6 aromatic rings. The van der Waals surface area contributed by atoms with Crippen LogP contribution < -0.4 is 10.6 Å². The maximum absolute atomic E-state index is 7.60. The van der Waals surface area contributed by atoms with Gasteiger partial charge in [0.15, 0.2) is 0 Å². The number of anilines is 4. The van der Waals surface area contributed by atoms with Crippen molar-refractivity contribution in [1.82, 2.24) is 0 Å². The van der Waals surface area contributed by atoms with Crippen LogP contribution in [0.25, 0.3) is 27.6 Å². The van der Waals surface area contributed by atoms with Gasteiger partial charge in [-0.25, -0.2) is 0 Å². The molecule has 0 aromatic heterocycles. The molecule has 4 N–H and O–H groups in total. The summed E-state index contributed by atoms with van der Waals surface area (Å²) >= 11 is 0. The zero-order chi connectivity index (χ0) is 29.2. The lowest BCUT2D eigenvalue weighted by molar-refractivity contribution is 1.30. The fourth-order valence-electron chi connectivity index (χ4n) is 5.50. The molecule has 0 aliphatic heterocycles. The number of allylic oxidation sites excluding steroid dienone is 1. The number of hydrogen-bond acceptors (Lipinski definition) is 4. The van der Waals surface area contributed by atoms with E-state index in [4.69, 9.17) is 16.6 Å². The number of nitrogens with zero attached hydrogens (tertiary/aromatic N) is 1. The van der Waals surface area contributed by atoms with Crippen LogP contribution in [0.2, 0.25) is 0 Å². The molecule has 0 atom stereocenters. The third-order valence-corrected chi connectivity index (χ3v) is 7.76. The monoisotopic (exact) mass is 544 g/mol. The van der Waals surface area contributed by atoms with E-state index in [0.717, 1.165) is 44.6 Å². The van der Waals surface area contributed by atoms with E-state index >= 15 is 0 Å². The second-order valence-electron chi connectivity index (χ2n) is 10.5. The van der Waals surface area contributed by atoms with E-state index in [1.54, 1.807) is 6.08 Å². The van der Waals surface area contributed by atoms with Gasteiger partial charge in [-0.15, -0.1) is 0 Å². The van der Waals surface area contributed by atoms with E-state index in [2.05, 4.69) is 104 Å². The molecule has 1 aliphatic rings. The number of hydrogen-bond donors (Lipinski definition) is 3. The first-order valence-corrected chi connectivity index (χ1v) is 14.0. The van der Waals surface area contributed by atoms with Gasteiger partial charge >= 0.3 is 0 Å². The number of nitrogens with two attached hydrogens (primary N) is 1. The third kappa shape index (κ3) is 4.95. The van der Waals surface area contributed by atoms with E-state index in [9.17, 15) is 0 Å². The minimum atomic E-state index is 0.286. The molecule has 0 amide bonds. The van der Waals surface area contributed by atoms with Gasteiger partial charge in [0.2, 0.25) is 0 Å². The highest BCUT2D eigenvalue weighted by molar-refractivity contribution is 6.52. The van der Waals surface area contributed by atoms with Crippen LogP contribution in [0.5, 0.6) is 0 Å². The van der Waals surface area contributed by atoms with Crippen molar-refractivity contribution < 1.29 is 0 Å². The van der Waals surface area contributed by atoms with Crippen LogP contribution in [0.15, 0.2) is 127 Å². The summed E-state index contributed by atoms with van der Waals surface area (Å²) in [5.74, 6) is 0. The molecular weight excluding hydrogens is 512 g/mol. The summed E-state index contributed by atoms with van der Waals surface area (Å²) in [7, 11) is 0. The van der Waals surface area contributed by atoms with E-state index in [1.165, 1.54) is 21.9 Å². The summed E-state index contributed by atoms with van der Waals surface area (Å²) in [5, 5.41) is 19.7. The lowest BCUT2D eigenvalue weighted by atomic mass is 9.94.